The Morgan fingerprint density at radius 2 is 2.53 bits per heavy atom. The molecule has 2 rings (SSSR count). The van der Waals surface area contributed by atoms with Crippen molar-refractivity contribution in [3.8, 4) is 0 Å². The van der Waals surface area contributed by atoms with Crippen LogP contribution in [-0.4, -0.2) is 29.6 Å². The Balaban J connectivity index is 1.77. The standard InChI is InChI=1S/C13H21N3O/c1-2-16-10-4-6-12(16)13(17)15-9-7-11-5-3-8-14-11/h4,6,10-11,14H,2-3,5,7-9H2,1H3,(H,15,17)/t11-/m0/s1. The number of aromatic nitrogens is 1. The van der Waals surface area contributed by atoms with Gasteiger partial charge in [-0.25, -0.2) is 0 Å². The molecule has 1 aliphatic heterocycles. The van der Waals surface area contributed by atoms with Crippen LogP contribution < -0.4 is 10.6 Å². The minimum absolute atomic E-state index is 0.0369. The number of carbonyl (C=O) groups is 1. The second kappa shape index (κ2) is 5.87. The molecule has 1 atom stereocenters. The number of nitrogens with one attached hydrogen (secondary N) is 2. The minimum atomic E-state index is 0.0369. The Morgan fingerprint density at radius 1 is 1.65 bits per heavy atom. The van der Waals surface area contributed by atoms with Crippen molar-refractivity contribution in [2.45, 2.75) is 38.8 Å². The highest BCUT2D eigenvalue weighted by Crippen LogP contribution is 2.08. The third-order valence-electron chi connectivity index (χ3n) is 3.34. The average Bonchev–Trinajstić information content (AvgIpc) is 2.99. The van der Waals surface area contributed by atoms with Crippen molar-refractivity contribution in [1.29, 1.82) is 0 Å². The molecule has 1 fully saturated rings. The van der Waals surface area contributed by atoms with Gasteiger partial charge in [0.15, 0.2) is 0 Å². The molecule has 1 aromatic rings. The molecular weight excluding hydrogens is 214 g/mol. The molecule has 0 bridgehead atoms. The highest BCUT2D eigenvalue weighted by molar-refractivity contribution is 5.92. The number of hydrogen-bond donors (Lipinski definition) is 2. The number of carbonyl (C=O) groups excluding carboxylic acids is 1. The van der Waals surface area contributed by atoms with Crippen molar-refractivity contribution in [3.63, 3.8) is 0 Å². The number of nitrogens with zero attached hydrogens (tertiary/aromatic N) is 1. The zero-order valence-corrected chi connectivity index (χ0v) is 10.4. The summed E-state index contributed by atoms with van der Waals surface area (Å²) in [7, 11) is 0. The first-order valence-electron chi connectivity index (χ1n) is 6.48. The molecule has 1 aliphatic rings. The first kappa shape index (κ1) is 12.2. The first-order valence-corrected chi connectivity index (χ1v) is 6.48. The van der Waals surface area contributed by atoms with E-state index in [1.807, 2.05) is 29.8 Å². The van der Waals surface area contributed by atoms with Crippen molar-refractivity contribution >= 4 is 5.91 Å². The molecule has 1 aromatic heterocycles. The first-order chi connectivity index (χ1) is 8.31. The van der Waals surface area contributed by atoms with Gasteiger partial charge in [0.1, 0.15) is 5.69 Å². The lowest BCUT2D eigenvalue weighted by molar-refractivity contribution is 0.0943. The van der Waals surface area contributed by atoms with Crippen molar-refractivity contribution in [3.05, 3.63) is 24.0 Å². The maximum absolute atomic E-state index is 11.9. The Bertz CT molecular complexity index is 366. The summed E-state index contributed by atoms with van der Waals surface area (Å²) in [6.07, 6.45) is 5.46. The van der Waals surface area contributed by atoms with E-state index in [2.05, 4.69) is 10.6 Å². The predicted octanol–water partition coefficient (Wildman–Crippen LogP) is 1.38. The lowest BCUT2D eigenvalue weighted by Crippen LogP contribution is -2.31. The van der Waals surface area contributed by atoms with Gasteiger partial charge in [-0.15, -0.1) is 0 Å². The summed E-state index contributed by atoms with van der Waals surface area (Å²) in [5.74, 6) is 0.0369. The molecule has 1 saturated heterocycles. The van der Waals surface area contributed by atoms with Crippen molar-refractivity contribution in [2.24, 2.45) is 0 Å². The highest BCUT2D eigenvalue weighted by Gasteiger charge is 2.14. The molecule has 0 aromatic carbocycles. The molecule has 2 heterocycles. The fourth-order valence-corrected chi connectivity index (χ4v) is 2.35. The zero-order valence-electron chi connectivity index (χ0n) is 10.4. The molecule has 0 unspecified atom stereocenters. The summed E-state index contributed by atoms with van der Waals surface area (Å²) in [6, 6.07) is 4.37. The van der Waals surface area contributed by atoms with E-state index in [9.17, 15) is 4.79 Å². The average molecular weight is 235 g/mol. The van der Waals surface area contributed by atoms with Crippen LogP contribution in [0, 0.1) is 0 Å². The molecule has 0 saturated carbocycles. The number of amides is 1. The zero-order chi connectivity index (χ0) is 12.1. The largest absolute Gasteiger partial charge is 0.351 e. The quantitative estimate of drug-likeness (QED) is 0.810. The van der Waals surface area contributed by atoms with E-state index < -0.39 is 0 Å². The van der Waals surface area contributed by atoms with Gasteiger partial charge < -0.3 is 15.2 Å². The smallest absolute Gasteiger partial charge is 0.267 e. The van der Waals surface area contributed by atoms with Gasteiger partial charge in [0.05, 0.1) is 0 Å². The summed E-state index contributed by atoms with van der Waals surface area (Å²) in [5, 5.41) is 6.42. The van der Waals surface area contributed by atoms with Crippen LogP contribution in [0.3, 0.4) is 0 Å². The van der Waals surface area contributed by atoms with Crippen LogP contribution in [0.2, 0.25) is 0 Å². The van der Waals surface area contributed by atoms with E-state index in [1.165, 1.54) is 12.8 Å². The Hall–Kier alpha value is -1.29. The van der Waals surface area contributed by atoms with Crippen molar-refractivity contribution < 1.29 is 4.79 Å². The molecule has 17 heavy (non-hydrogen) atoms. The van der Waals surface area contributed by atoms with E-state index >= 15 is 0 Å². The van der Waals surface area contributed by atoms with E-state index in [-0.39, 0.29) is 5.91 Å². The Kier molecular flexibility index (Phi) is 4.20. The summed E-state index contributed by atoms with van der Waals surface area (Å²) in [6.45, 7) is 4.75. The summed E-state index contributed by atoms with van der Waals surface area (Å²) < 4.78 is 1.96. The van der Waals surface area contributed by atoms with Gasteiger partial charge in [-0.3, -0.25) is 4.79 Å². The number of aryl methyl sites for hydroxylation is 1. The number of hydrogen-bond acceptors (Lipinski definition) is 2. The van der Waals surface area contributed by atoms with Crippen molar-refractivity contribution in [2.75, 3.05) is 13.1 Å². The summed E-state index contributed by atoms with van der Waals surface area (Å²) in [5.41, 5.74) is 0.756. The van der Waals surface area contributed by atoms with Gasteiger partial charge in [0, 0.05) is 25.3 Å². The monoisotopic (exact) mass is 235 g/mol. The van der Waals surface area contributed by atoms with Gasteiger partial charge in [0.25, 0.3) is 5.91 Å². The normalized spacial score (nSPS) is 19.5. The maximum Gasteiger partial charge on any atom is 0.267 e. The molecule has 0 radical (unpaired) electrons. The predicted molar refractivity (Wildman–Crippen MR) is 68.1 cm³/mol. The third kappa shape index (κ3) is 3.09. The lowest BCUT2D eigenvalue weighted by atomic mass is 10.1. The SMILES string of the molecule is CCn1cccc1C(=O)NCC[C@@H]1CCCN1. The molecule has 2 N–H and O–H groups in total. The van der Waals surface area contributed by atoms with Crippen molar-refractivity contribution in [1.82, 2.24) is 15.2 Å². The van der Waals surface area contributed by atoms with Crippen LogP contribution in [0.1, 0.15) is 36.7 Å². The second-order valence-electron chi connectivity index (χ2n) is 4.52. The highest BCUT2D eigenvalue weighted by atomic mass is 16.1. The van der Waals surface area contributed by atoms with Gasteiger partial charge >= 0.3 is 0 Å². The molecule has 0 spiro atoms. The lowest BCUT2D eigenvalue weighted by Gasteiger charge is -2.11. The minimum Gasteiger partial charge on any atom is -0.351 e. The van der Waals surface area contributed by atoms with Gasteiger partial charge in [-0.05, 0) is 44.9 Å². The molecule has 1 amide bonds. The molecule has 4 nitrogen and oxygen atoms in total. The third-order valence-corrected chi connectivity index (χ3v) is 3.34. The van der Waals surface area contributed by atoms with Gasteiger partial charge in [-0.1, -0.05) is 0 Å². The van der Waals surface area contributed by atoms with Crippen LogP contribution in [-0.2, 0) is 6.54 Å². The Labute approximate surface area is 102 Å². The molecule has 0 aliphatic carbocycles. The maximum atomic E-state index is 11.9. The van der Waals surface area contributed by atoms with E-state index in [0.717, 1.165) is 31.7 Å². The van der Waals surface area contributed by atoms with E-state index in [4.69, 9.17) is 0 Å². The van der Waals surface area contributed by atoms with Gasteiger partial charge in [0.2, 0.25) is 0 Å². The van der Waals surface area contributed by atoms with Crippen LogP contribution in [0.15, 0.2) is 18.3 Å². The Morgan fingerprint density at radius 3 is 3.24 bits per heavy atom. The van der Waals surface area contributed by atoms with Crippen LogP contribution >= 0.6 is 0 Å². The molecule has 94 valence electrons. The molecule has 4 heteroatoms. The van der Waals surface area contributed by atoms with E-state index in [1.54, 1.807) is 0 Å². The second-order valence-corrected chi connectivity index (χ2v) is 4.52. The summed E-state index contributed by atoms with van der Waals surface area (Å²) >= 11 is 0. The molecular formula is C13H21N3O. The van der Waals surface area contributed by atoms with Crippen LogP contribution in [0.5, 0.6) is 0 Å². The number of rotatable bonds is 5. The van der Waals surface area contributed by atoms with Gasteiger partial charge in [-0.2, -0.15) is 0 Å². The summed E-state index contributed by atoms with van der Waals surface area (Å²) in [4.78, 5) is 11.9. The van der Waals surface area contributed by atoms with E-state index in [0.29, 0.717) is 6.04 Å². The fourth-order valence-electron chi connectivity index (χ4n) is 2.35. The fraction of sp³-hybridized carbons (Fsp3) is 0.615. The van der Waals surface area contributed by atoms with Crippen LogP contribution in [0.25, 0.3) is 0 Å². The topological polar surface area (TPSA) is 46.1 Å². The van der Waals surface area contributed by atoms with Crippen LogP contribution in [0.4, 0.5) is 0 Å².